The molecule has 0 spiro atoms. The van der Waals surface area contributed by atoms with E-state index in [4.69, 9.17) is 0 Å². The van der Waals surface area contributed by atoms with Crippen molar-refractivity contribution < 1.29 is 14.4 Å². The minimum Gasteiger partial charge on any atom is -0.346 e. The highest BCUT2D eigenvalue weighted by molar-refractivity contribution is 6.22. The van der Waals surface area contributed by atoms with Crippen LogP contribution in [0.25, 0.3) is 0 Å². The van der Waals surface area contributed by atoms with Gasteiger partial charge in [-0.25, -0.2) is 0 Å². The van der Waals surface area contributed by atoms with E-state index < -0.39 is 0 Å². The second-order valence-electron chi connectivity index (χ2n) is 7.64. The van der Waals surface area contributed by atoms with Gasteiger partial charge < -0.3 is 5.32 Å². The van der Waals surface area contributed by atoms with E-state index in [1.807, 2.05) is 37.3 Å². The van der Waals surface area contributed by atoms with Gasteiger partial charge in [0.1, 0.15) is 0 Å². The molecule has 3 amide bonds. The molecule has 2 aromatic carbocycles. The molecule has 1 aliphatic heterocycles. The fourth-order valence-corrected chi connectivity index (χ4v) is 4.18. The molecule has 5 nitrogen and oxygen atoms in total. The molecule has 1 aliphatic carbocycles. The average Bonchev–Trinajstić information content (AvgIpc) is 2.99. The van der Waals surface area contributed by atoms with Crippen LogP contribution in [-0.2, 0) is 0 Å². The second kappa shape index (κ2) is 7.58. The Morgan fingerprint density at radius 3 is 2.36 bits per heavy atom. The maximum atomic E-state index is 12.9. The molecule has 1 atom stereocenters. The van der Waals surface area contributed by atoms with E-state index in [9.17, 15) is 14.4 Å². The molecule has 0 aromatic heterocycles. The summed E-state index contributed by atoms with van der Waals surface area (Å²) in [6.45, 7) is 1.92. The zero-order chi connectivity index (χ0) is 19.7. The SMILES string of the molecule is C[C@@H](NC(=O)c1ccc2c(c1)C(=O)N(C1CCCCC1)C2=O)c1ccccc1. The first-order valence-electron chi connectivity index (χ1n) is 9.94. The molecule has 2 aliphatic rings. The van der Waals surface area contributed by atoms with Gasteiger partial charge >= 0.3 is 0 Å². The Balaban J connectivity index is 1.53. The van der Waals surface area contributed by atoms with Crippen molar-refractivity contribution in [2.75, 3.05) is 0 Å². The molecular formula is C23H24N2O3. The van der Waals surface area contributed by atoms with Crippen LogP contribution in [0.1, 0.15) is 81.7 Å². The first-order chi connectivity index (χ1) is 13.6. The molecule has 0 unspecified atom stereocenters. The van der Waals surface area contributed by atoms with Crippen molar-refractivity contribution in [3.05, 3.63) is 70.8 Å². The van der Waals surface area contributed by atoms with Crippen molar-refractivity contribution in [2.24, 2.45) is 0 Å². The van der Waals surface area contributed by atoms with Gasteiger partial charge in [0.2, 0.25) is 0 Å². The first-order valence-corrected chi connectivity index (χ1v) is 9.94. The summed E-state index contributed by atoms with van der Waals surface area (Å²) in [5, 5.41) is 2.96. The van der Waals surface area contributed by atoms with Crippen LogP contribution >= 0.6 is 0 Å². The van der Waals surface area contributed by atoms with Crippen LogP contribution in [0.4, 0.5) is 0 Å². The standard InChI is InChI=1S/C23H24N2O3/c1-15(16-8-4-2-5-9-16)24-21(26)17-12-13-19-20(14-17)23(28)25(22(19)27)18-10-6-3-7-11-18/h2,4-5,8-9,12-15,18H,3,6-7,10-11H2,1H3,(H,24,26)/t15-/m1/s1. The molecule has 144 valence electrons. The number of amides is 3. The number of imide groups is 1. The van der Waals surface area contributed by atoms with Crippen molar-refractivity contribution in [2.45, 2.75) is 51.1 Å². The fourth-order valence-electron chi connectivity index (χ4n) is 4.18. The Labute approximate surface area is 164 Å². The van der Waals surface area contributed by atoms with Crippen LogP contribution in [0.5, 0.6) is 0 Å². The van der Waals surface area contributed by atoms with Crippen molar-refractivity contribution in [1.82, 2.24) is 10.2 Å². The summed E-state index contributed by atoms with van der Waals surface area (Å²) in [5.41, 5.74) is 2.15. The highest BCUT2D eigenvalue weighted by atomic mass is 16.2. The number of nitrogens with one attached hydrogen (secondary N) is 1. The Morgan fingerprint density at radius 2 is 1.64 bits per heavy atom. The summed E-state index contributed by atoms with van der Waals surface area (Å²) in [5.74, 6) is -0.746. The van der Waals surface area contributed by atoms with E-state index in [0.717, 1.165) is 37.7 Å². The summed E-state index contributed by atoms with van der Waals surface area (Å²) in [7, 11) is 0. The third-order valence-electron chi connectivity index (χ3n) is 5.77. The summed E-state index contributed by atoms with van der Waals surface area (Å²) < 4.78 is 0. The van der Waals surface area contributed by atoms with E-state index in [1.54, 1.807) is 18.2 Å². The Bertz CT molecular complexity index is 917. The highest BCUT2D eigenvalue weighted by Gasteiger charge is 2.40. The monoisotopic (exact) mass is 376 g/mol. The van der Waals surface area contributed by atoms with Gasteiger partial charge in [-0.15, -0.1) is 0 Å². The van der Waals surface area contributed by atoms with Gasteiger partial charge in [-0.05, 0) is 43.5 Å². The smallest absolute Gasteiger partial charge is 0.261 e. The number of benzene rings is 2. The van der Waals surface area contributed by atoms with Crippen molar-refractivity contribution in [3.63, 3.8) is 0 Å². The summed E-state index contributed by atoms with van der Waals surface area (Å²) in [6.07, 6.45) is 4.98. The molecule has 1 N–H and O–H groups in total. The summed E-state index contributed by atoms with van der Waals surface area (Å²) in [6, 6.07) is 14.3. The number of hydrogen-bond acceptors (Lipinski definition) is 3. The molecule has 0 radical (unpaired) electrons. The maximum Gasteiger partial charge on any atom is 0.261 e. The van der Waals surface area contributed by atoms with Crippen LogP contribution in [0.3, 0.4) is 0 Å². The van der Waals surface area contributed by atoms with Crippen LogP contribution in [0.2, 0.25) is 0 Å². The molecule has 1 fully saturated rings. The van der Waals surface area contributed by atoms with E-state index >= 15 is 0 Å². The number of rotatable bonds is 4. The Hall–Kier alpha value is -2.95. The van der Waals surface area contributed by atoms with Crippen molar-refractivity contribution in [3.8, 4) is 0 Å². The predicted octanol–water partition coefficient (Wildman–Crippen LogP) is 4.11. The Kier molecular flexibility index (Phi) is 4.99. The van der Waals surface area contributed by atoms with Gasteiger partial charge in [-0.3, -0.25) is 19.3 Å². The lowest BCUT2D eigenvalue weighted by Crippen LogP contribution is -2.40. The minimum atomic E-state index is -0.266. The van der Waals surface area contributed by atoms with E-state index in [2.05, 4.69) is 5.32 Å². The molecule has 1 saturated carbocycles. The lowest BCUT2D eigenvalue weighted by atomic mass is 9.94. The highest BCUT2D eigenvalue weighted by Crippen LogP contribution is 2.31. The fraction of sp³-hybridized carbons (Fsp3) is 0.348. The molecular weight excluding hydrogens is 352 g/mol. The molecule has 28 heavy (non-hydrogen) atoms. The molecule has 5 heteroatoms. The quantitative estimate of drug-likeness (QED) is 0.817. The molecule has 1 heterocycles. The van der Waals surface area contributed by atoms with Gasteiger partial charge in [-0.2, -0.15) is 0 Å². The maximum absolute atomic E-state index is 12.9. The van der Waals surface area contributed by atoms with Crippen LogP contribution in [-0.4, -0.2) is 28.7 Å². The normalized spacial score (nSPS) is 18.1. The van der Waals surface area contributed by atoms with Gasteiger partial charge in [0.25, 0.3) is 17.7 Å². The molecule has 4 rings (SSSR count). The summed E-state index contributed by atoms with van der Waals surface area (Å²) in [4.78, 5) is 39.7. The molecule has 0 bridgehead atoms. The number of carbonyl (C=O) groups excluding carboxylic acids is 3. The first kappa shape index (κ1) is 18.4. The number of fused-ring (bicyclic) bond motifs is 1. The van der Waals surface area contributed by atoms with E-state index in [1.165, 1.54) is 4.90 Å². The van der Waals surface area contributed by atoms with Crippen LogP contribution in [0, 0.1) is 0 Å². The van der Waals surface area contributed by atoms with E-state index in [-0.39, 0.29) is 29.8 Å². The lowest BCUT2D eigenvalue weighted by Gasteiger charge is -2.29. The van der Waals surface area contributed by atoms with Gasteiger partial charge in [0, 0.05) is 11.6 Å². The summed E-state index contributed by atoms with van der Waals surface area (Å²) >= 11 is 0. The topological polar surface area (TPSA) is 66.5 Å². The third kappa shape index (κ3) is 3.33. The Morgan fingerprint density at radius 1 is 0.964 bits per heavy atom. The number of hydrogen-bond donors (Lipinski definition) is 1. The van der Waals surface area contributed by atoms with Crippen molar-refractivity contribution >= 4 is 17.7 Å². The van der Waals surface area contributed by atoms with Gasteiger partial charge in [-0.1, -0.05) is 49.6 Å². The lowest BCUT2D eigenvalue weighted by molar-refractivity contribution is 0.0548. The van der Waals surface area contributed by atoms with Gasteiger partial charge in [0.15, 0.2) is 0 Å². The number of nitrogens with zero attached hydrogens (tertiary/aromatic N) is 1. The largest absolute Gasteiger partial charge is 0.346 e. The zero-order valence-electron chi connectivity index (χ0n) is 16.0. The molecule has 0 saturated heterocycles. The van der Waals surface area contributed by atoms with Crippen LogP contribution < -0.4 is 5.32 Å². The number of carbonyl (C=O) groups is 3. The second-order valence-corrected chi connectivity index (χ2v) is 7.64. The predicted molar refractivity (Wildman–Crippen MR) is 106 cm³/mol. The van der Waals surface area contributed by atoms with E-state index in [0.29, 0.717) is 16.7 Å². The zero-order valence-corrected chi connectivity index (χ0v) is 16.0. The molecule has 2 aromatic rings. The average molecular weight is 376 g/mol. The van der Waals surface area contributed by atoms with Gasteiger partial charge in [0.05, 0.1) is 17.2 Å². The van der Waals surface area contributed by atoms with Crippen molar-refractivity contribution in [1.29, 1.82) is 0 Å². The minimum absolute atomic E-state index is 0.0171. The third-order valence-corrected chi connectivity index (χ3v) is 5.77. The van der Waals surface area contributed by atoms with Crippen LogP contribution in [0.15, 0.2) is 48.5 Å².